The molecular weight excluding hydrogens is 251 g/mol. The van der Waals surface area contributed by atoms with E-state index in [1.807, 2.05) is 5.38 Å². The summed E-state index contributed by atoms with van der Waals surface area (Å²) in [5.41, 5.74) is 13.0. The van der Waals surface area contributed by atoms with E-state index in [0.717, 1.165) is 21.3 Å². The van der Waals surface area contributed by atoms with Crippen LogP contribution in [0, 0.1) is 5.82 Å². The average Bonchev–Trinajstić information content (AvgIpc) is 2.78. The van der Waals surface area contributed by atoms with E-state index in [9.17, 15) is 4.39 Å². The number of aromatic nitrogens is 2. The lowest BCUT2D eigenvalue weighted by molar-refractivity contribution is 0.633. The Bertz CT molecular complexity index is 738. The van der Waals surface area contributed by atoms with Crippen molar-refractivity contribution in [3.63, 3.8) is 0 Å². The Labute approximate surface area is 106 Å². The van der Waals surface area contributed by atoms with Crippen LogP contribution >= 0.6 is 11.3 Å². The smallest absolute Gasteiger partial charge is 0.146 e. The van der Waals surface area contributed by atoms with Gasteiger partial charge in [-0.15, -0.1) is 11.3 Å². The van der Waals surface area contributed by atoms with Crippen LogP contribution in [0.4, 0.5) is 15.9 Å². The minimum Gasteiger partial charge on any atom is -0.396 e. The first-order valence-corrected chi connectivity index (χ1v) is 6.08. The predicted octanol–water partition coefficient (Wildman–Crippen LogP) is 2.66. The largest absolute Gasteiger partial charge is 0.396 e. The minimum absolute atomic E-state index is 0.127. The van der Waals surface area contributed by atoms with Crippen molar-refractivity contribution in [1.29, 1.82) is 0 Å². The topological polar surface area (TPSA) is 77.8 Å². The van der Waals surface area contributed by atoms with Crippen molar-refractivity contribution >= 4 is 33.1 Å². The van der Waals surface area contributed by atoms with Crippen LogP contribution in [0.2, 0.25) is 0 Å². The highest BCUT2D eigenvalue weighted by atomic mass is 32.1. The number of nitrogen functional groups attached to an aromatic ring is 2. The highest BCUT2D eigenvalue weighted by Crippen LogP contribution is 2.35. The van der Waals surface area contributed by atoms with Gasteiger partial charge in [0.25, 0.3) is 0 Å². The first-order valence-electron chi connectivity index (χ1n) is 5.20. The highest BCUT2D eigenvalue weighted by molar-refractivity contribution is 7.17. The van der Waals surface area contributed by atoms with Crippen molar-refractivity contribution in [2.24, 2.45) is 0 Å². The van der Waals surface area contributed by atoms with Crippen LogP contribution in [0.3, 0.4) is 0 Å². The van der Waals surface area contributed by atoms with E-state index in [2.05, 4.69) is 9.97 Å². The van der Waals surface area contributed by atoms with Crippen molar-refractivity contribution in [3.05, 3.63) is 35.7 Å². The quantitative estimate of drug-likeness (QED) is 0.659. The molecule has 3 aromatic rings. The number of rotatable bonds is 1. The molecule has 0 radical (unpaired) electrons. The van der Waals surface area contributed by atoms with Gasteiger partial charge in [-0.3, -0.25) is 0 Å². The van der Waals surface area contributed by atoms with E-state index in [1.165, 1.54) is 29.8 Å². The molecule has 6 heteroatoms. The number of anilines is 2. The van der Waals surface area contributed by atoms with Crippen LogP contribution in [-0.2, 0) is 0 Å². The Morgan fingerprint density at radius 2 is 2.00 bits per heavy atom. The van der Waals surface area contributed by atoms with Crippen LogP contribution in [0.1, 0.15) is 0 Å². The monoisotopic (exact) mass is 260 g/mol. The van der Waals surface area contributed by atoms with Gasteiger partial charge in [-0.1, -0.05) is 6.07 Å². The molecule has 0 atom stereocenters. The van der Waals surface area contributed by atoms with Gasteiger partial charge in [-0.2, -0.15) is 0 Å². The fourth-order valence-electron chi connectivity index (χ4n) is 1.81. The molecule has 0 amide bonds. The number of halogens is 1. The van der Waals surface area contributed by atoms with Crippen molar-refractivity contribution in [3.8, 4) is 11.1 Å². The van der Waals surface area contributed by atoms with Crippen LogP contribution in [0.25, 0.3) is 21.3 Å². The molecule has 0 spiro atoms. The van der Waals surface area contributed by atoms with Gasteiger partial charge < -0.3 is 11.5 Å². The van der Waals surface area contributed by atoms with Gasteiger partial charge in [0.15, 0.2) is 0 Å². The number of thiophene rings is 1. The molecule has 0 unspecified atom stereocenters. The Kier molecular flexibility index (Phi) is 2.38. The minimum atomic E-state index is -0.442. The highest BCUT2D eigenvalue weighted by Gasteiger charge is 2.12. The summed E-state index contributed by atoms with van der Waals surface area (Å²) in [6.07, 6.45) is 1.42. The molecule has 0 aliphatic rings. The number of nitrogens with zero attached hydrogens (tertiary/aromatic N) is 2. The molecule has 0 saturated heterocycles. The van der Waals surface area contributed by atoms with E-state index in [0.29, 0.717) is 5.82 Å². The van der Waals surface area contributed by atoms with Gasteiger partial charge in [-0.25, -0.2) is 14.4 Å². The molecule has 0 saturated carbocycles. The molecule has 3 rings (SSSR count). The first kappa shape index (κ1) is 10.9. The third-order valence-electron chi connectivity index (χ3n) is 2.71. The Hall–Kier alpha value is -2.21. The summed E-state index contributed by atoms with van der Waals surface area (Å²) in [4.78, 5) is 8.88. The number of hydrogen-bond acceptors (Lipinski definition) is 5. The normalized spacial score (nSPS) is 10.9. The second-order valence-corrected chi connectivity index (χ2v) is 4.68. The molecule has 2 aromatic heterocycles. The van der Waals surface area contributed by atoms with Crippen LogP contribution in [0.15, 0.2) is 29.9 Å². The lowest BCUT2D eigenvalue weighted by Crippen LogP contribution is -1.93. The number of nitrogens with two attached hydrogens (primary N) is 2. The molecule has 4 nitrogen and oxygen atoms in total. The summed E-state index contributed by atoms with van der Waals surface area (Å²) in [5.74, 6) is -0.0456. The molecule has 1 aromatic carbocycles. The van der Waals surface area contributed by atoms with E-state index in [4.69, 9.17) is 11.5 Å². The van der Waals surface area contributed by atoms with Gasteiger partial charge in [0.05, 0.1) is 11.1 Å². The van der Waals surface area contributed by atoms with Crippen molar-refractivity contribution in [1.82, 2.24) is 9.97 Å². The standard InChI is InChI=1S/C12H9FN4S/c13-8-3-6(1-2-9(8)14)7-4-18-12-10(7)11(15)16-5-17-12/h1-5H,14H2,(H2,15,16,17). The lowest BCUT2D eigenvalue weighted by Gasteiger charge is -2.03. The molecule has 18 heavy (non-hydrogen) atoms. The predicted molar refractivity (Wildman–Crippen MR) is 71.6 cm³/mol. The van der Waals surface area contributed by atoms with Crippen molar-refractivity contribution in [2.75, 3.05) is 11.5 Å². The second-order valence-electron chi connectivity index (χ2n) is 3.82. The molecule has 0 fully saturated rings. The molecule has 90 valence electrons. The zero-order valence-corrected chi connectivity index (χ0v) is 10.0. The molecular formula is C12H9FN4S. The zero-order chi connectivity index (χ0) is 12.7. The number of fused-ring (bicyclic) bond motifs is 1. The fraction of sp³-hybridized carbons (Fsp3) is 0. The third-order valence-corrected chi connectivity index (χ3v) is 3.60. The van der Waals surface area contributed by atoms with Crippen molar-refractivity contribution < 1.29 is 4.39 Å². The van der Waals surface area contributed by atoms with E-state index in [1.54, 1.807) is 6.07 Å². The van der Waals surface area contributed by atoms with Crippen LogP contribution in [0.5, 0.6) is 0 Å². The maximum absolute atomic E-state index is 13.5. The van der Waals surface area contributed by atoms with Crippen LogP contribution < -0.4 is 11.5 Å². The third kappa shape index (κ3) is 1.58. The van der Waals surface area contributed by atoms with E-state index >= 15 is 0 Å². The first-order chi connectivity index (χ1) is 8.66. The second kappa shape index (κ2) is 3.92. The van der Waals surface area contributed by atoms with Gasteiger partial charge >= 0.3 is 0 Å². The summed E-state index contributed by atoms with van der Waals surface area (Å²) in [7, 11) is 0. The van der Waals surface area contributed by atoms with Crippen LogP contribution in [-0.4, -0.2) is 9.97 Å². The lowest BCUT2D eigenvalue weighted by atomic mass is 10.1. The molecule has 0 aliphatic heterocycles. The molecule has 0 bridgehead atoms. The Morgan fingerprint density at radius 3 is 2.78 bits per heavy atom. The zero-order valence-electron chi connectivity index (χ0n) is 9.22. The van der Waals surface area contributed by atoms with E-state index in [-0.39, 0.29) is 5.69 Å². The van der Waals surface area contributed by atoms with E-state index < -0.39 is 5.82 Å². The number of benzene rings is 1. The van der Waals surface area contributed by atoms with Gasteiger partial charge in [0.2, 0.25) is 0 Å². The maximum atomic E-state index is 13.5. The number of hydrogen-bond donors (Lipinski definition) is 2. The summed E-state index contributed by atoms with van der Waals surface area (Å²) >= 11 is 1.45. The van der Waals surface area contributed by atoms with Gasteiger partial charge in [0, 0.05) is 10.9 Å². The Balaban J connectivity index is 2.28. The van der Waals surface area contributed by atoms with Crippen molar-refractivity contribution in [2.45, 2.75) is 0 Å². The summed E-state index contributed by atoms with van der Waals surface area (Å²) in [6, 6.07) is 4.68. The maximum Gasteiger partial charge on any atom is 0.146 e. The summed E-state index contributed by atoms with van der Waals surface area (Å²) in [5, 5.41) is 2.65. The fourth-order valence-corrected chi connectivity index (χ4v) is 2.73. The molecule has 0 aliphatic carbocycles. The molecule has 4 N–H and O–H groups in total. The summed E-state index contributed by atoms with van der Waals surface area (Å²) < 4.78 is 13.5. The SMILES string of the molecule is Nc1ccc(-c2csc3ncnc(N)c23)cc1F. The summed E-state index contributed by atoms with van der Waals surface area (Å²) in [6.45, 7) is 0. The average molecular weight is 260 g/mol. The molecule has 2 heterocycles. The van der Waals surface area contributed by atoms with Gasteiger partial charge in [-0.05, 0) is 17.7 Å². The Morgan fingerprint density at radius 1 is 1.17 bits per heavy atom. The van der Waals surface area contributed by atoms with Gasteiger partial charge in [0.1, 0.15) is 22.8 Å².